The van der Waals surface area contributed by atoms with Gasteiger partial charge in [-0.25, -0.2) is 4.79 Å². The molecule has 4 heteroatoms. The van der Waals surface area contributed by atoms with Crippen molar-refractivity contribution in [1.29, 1.82) is 0 Å². The van der Waals surface area contributed by atoms with E-state index in [0.717, 1.165) is 25.9 Å². The van der Waals surface area contributed by atoms with Crippen molar-refractivity contribution >= 4 is 6.03 Å². The molecule has 116 valence electrons. The first kappa shape index (κ1) is 15.6. The minimum absolute atomic E-state index is 0.0519. The monoisotopic (exact) mass is 281 g/mol. The smallest absolute Gasteiger partial charge is 0.319 e. The van der Waals surface area contributed by atoms with Crippen LogP contribution in [-0.2, 0) is 0 Å². The number of nitrogens with two attached hydrogens (primary N) is 1. The summed E-state index contributed by atoms with van der Waals surface area (Å²) in [6.45, 7) is 4.07. The standard InChI is InChI=1S/C16H31N3O/c1-4-5-6-7-8-16(17)9-13-11-19(12-14(13)10-16)15(20)18(2)3/h13-14H,4-12,17H2,1-3H3/t13-,14+,16-. The molecule has 2 amide bonds. The SMILES string of the molecule is CCCCCC[C@]1(N)C[C@H]2CN(C(=O)N(C)C)C[C@H]2C1. The van der Waals surface area contributed by atoms with Crippen molar-refractivity contribution in [3.8, 4) is 0 Å². The molecule has 0 aromatic rings. The van der Waals surface area contributed by atoms with Gasteiger partial charge in [0.05, 0.1) is 0 Å². The quantitative estimate of drug-likeness (QED) is 0.788. The molecular weight excluding hydrogens is 250 g/mol. The Balaban J connectivity index is 1.79. The fraction of sp³-hybridized carbons (Fsp3) is 0.938. The van der Waals surface area contributed by atoms with E-state index >= 15 is 0 Å². The number of unbranched alkanes of at least 4 members (excludes halogenated alkanes) is 3. The number of urea groups is 1. The van der Waals surface area contributed by atoms with Crippen LogP contribution < -0.4 is 5.73 Å². The lowest BCUT2D eigenvalue weighted by Crippen LogP contribution is -2.42. The van der Waals surface area contributed by atoms with Gasteiger partial charge in [-0.05, 0) is 31.1 Å². The zero-order valence-corrected chi connectivity index (χ0v) is 13.4. The lowest BCUT2D eigenvalue weighted by Gasteiger charge is -2.28. The molecule has 0 spiro atoms. The van der Waals surface area contributed by atoms with Crippen molar-refractivity contribution in [3.63, 3.8) is 0 Å². The molecule has 3 atom stereocenters. The average Bonchev–Trinajstić information content (AvgIpc) is 2.88. The second-order valence-electron chi connectivity index (χ2n) is 7.18. The van der Waals surface area contributed by atoms with Crippen molar-refractivity contribution in [2.24, 2.45) is 17.6 Å². The first-order valence-electron chi connectivity index (χ1n) is 8.20. The number of hydrogen-bond acceptors (Lipinski definition) is 2. The van der Waals surface area contributed by atoms with Crippen LogP contribution in [0.5, 0.6) is 0 Å². The molecule has 1 aliphatic carbocycles. The maximum atomic E-state index is 12.0. The highest BCUT2D eigenvalue weighted by atomic mass is 16.2. The van der Waals surface area contributed by atoms with Crippen LogP contribution in [0.1, 0.15) is 51.9 Å². The largest absolute Gasteiger partial charge is 0.331 e. The van der Waals surface area contributed by atoms with E-state index in [4.69, 9.17) is 5.73 Å². The van der Waals surface area contributed by atoms with Crippen LogP contribution in [0.2, 0.25) is 0 Å². The Morgan fingerprint density at radius 1 is 1.20 bits per heavy atom. The maximum absolute atomic E-state index is 12.0. The fourth-order valence-corrected chi connectivity index (χ4v) is 4.08. The Bertz CT molecular complexity index is 329. The summed E-state index contributed by atoms with van der Waals surface area (Å²) in [4.78, 5) is 15.7. The zero-order valence-electron chi connectivity index (χ0n) is 13.4. The first-order chi connectivity index (χ1) is 9.45. The van der Waals surface area contributed by atoms with Gasteiger partial charge in [0, 0.05) is 32.7 Å². The molecule has 0 bridgehead atoms. The van der Waals surface area contributed by atoms with Gasteiger partial charge in [0.1, 0.15) is 0 Å². The number of likely N-dealkylation sites (tertiary alicyclic amines) is 1. The Morgan fingerprint density at radius 3 is 2.30 bits per heavy atom. The molecular formula is C16H31N3O. The molecule has 0 aromatic heterocycles. The van der Waals surface area contributed by atoms with Crippen LogP contribution >= 0.6 is 0 Å². The second kappa shape index (κ2) is 6.33. The van der Waals surface area contributed by atoms with Gasteiger partial charge in [0.25, 0.3) is 0 Å². The van der Waals surface area contributed by atoms with E-state index < -0.39 is 0 Å². The Kier molecular flexibility index (Phi) is 4.95. The van der Waals surface area contributed by atoms with Crippen LogP contribution in [0.15, 0.2) is 0 Å². The van der Waals surface area contributed by atoms with E-state index in [1.54, 1.807) is 4.90 Å². The summed E-state index contributed by atoms with van der Waals surface area (Å²) in [6.07, 6.45) is 8.59. The number of fused-ring (bicyclic) bond motifs is 1. The highest BCUT2D eigenvalue weighted by Crippen LogP contribution is 2.44. The molecule has 2 rings (SSSR count). The normalized spacial score (nSPS) is 32.5. The van der Waals surface area contributed by atoms with Crippen LogP contribution in [0.4, 0.5) is 4.79 Å². The van der Waals surface area contributed by atoms with Crippen molar-refractivity contribution in [2.75, 3.05) is 27.2 Å². The number of rotatable bonds is 5. The van der Waals surface area contributed by atoms with Crippen LogP contribution in [0.25, 0.3) is 0 Å². The highest BCUT2D eigenvalue weighted by molar-refractivity contribution is 5.74. The van der Waals surface area contributed by atoms with E-state index in [-0.39, 0.29) is 11.6 Å². The van der Waals surface area contributed by atoms with Gasteiger partial charge in [-0.15, -0.1) is 0 Å². The first-order valence-corrected chi connectivity index (χ1v) is 8.20. The van der Waals surface area contributed by atoms with Gasteiger partial charge in [-0.1, -0.05) is 32.6 Å². The van der Waals surface area contributed by atoms with Crippen LogP contribution in [0, 0.1) is 11.8 Å². The third kappa shape index (κ3) is 3.46. The highest BCUT2D eigenvalue weighted by Gasteiger charge is 2.47. The lowest BCUT2D eigenvalue weighted by molar-refractivity contribution is 0.175. The summed E-state index contributed by atoms with van der Waals surface area (Å²) < 4.78 is 0. The zero-order chi connectivity index (χ0) is 14.8. The topological polar surface area (TPSA) is 49.6 Å². The molecule has 1 saturated heterocycles. The number of amides is 2. The van der Waals surface area contributed by atoms with Crippen LogP contribution in [0.3, 0.4) is 0 Å². The maximum Gasteiger partial charge on any atom is 0.319 e. The number of carbonyl (C=O) groups excluding carboxylic acids is 1. The molecule has 4 nitrogen and oxygen atoms in total. The lowest BCUT2D eigenvalue weighted by atomic mass is 9.90. The summed E-state index contributed by atoms with van der Waals surface area (Å²) in [5.74, 6) is 1.27. The molecule has 2 aliphatic rings. The minimum Gasteiger partial charge on any atom is -0.331 e. The fourth-order valence-electron chi connectivity index (χ4n) is 4.08. The van der Waals surface area contributed by atoms with E-state index in [1.165, 1.54) is 32.1 Å². The molecule has 1 heterocycles. The predicted molar refractivity (Wildman–Crippen MR) is 82.5 cm³/mol. The van der Waals surface area contributed by atoms with Crippen molar-refractivity contribution in [3.05, 3.63) is 0 Å². The molecule has 0 unspecified atom stereocenters. The van der Waals surface area contributed by atoms with E-state index in [9.17, 15) is 4.79 Å². The van der Waals surface area contributed by atoms with Crippen molar-refractivity contribution < 1.29 is 4.79 Å². The summed E-state index contributed by atoms with van der Waals surface area (Å²) in [5, 5.41) is 0. The summed E-state index contributed by atoms with van der Waals surface area (Å²) in [7, 11) is 3.66. The second-order valence-corrected chi connectivity index (χ2v) is 7.18. The Labute approximate surface area is 123 Å². The third-order valence-electron chi connectivity index (χ3n) is 5.10. The number of carbonyl (C=O) groups is 1. The number of nitrogens with zero attached hydrogens (tertiary/aromatic N) is 2. The summed E-state index contributed by atoms with van der Waals surface area (Å²) in [6, 6.07) is 0.157. The van der Waals surface area contributed by atoms with Crippen molar-refractivity contribution in [1.82, 2.24) is 9.80 Å². The van der Waals surface area contributed by atoms with Crippen molar-refractivity contribution in [2.45, 2.75) is 57.4 Å². The third-order valence-corrected chi connectivity index (χ3v) is 5.10. The van der Waals surface area contributed by atoms with Gasteiger partial charge in [0.2, 0.25) is 0 Å². The Morgan fingerprint density at radius 2 is 1.80 bits per heavy atom. The Hall–Kier alpha value is -0.770. The molecule has 1 aliphatic heterocycles. The van der Waals surface area contributed by atoms with Gasteiger partial charge in [-0.3, -0.25) is 0 Å². The van der Waals surface area contributed by atoms with Gasteiger partial charge in [0.15, 0.2) is 0 Å². The summed E-state index contributed by atoms with van der Waals surface area (Å²) in [5.41, 5.74) is 6.65. The molecule has 0 aromatic carbocycles. The van der Waals surface area contributed by atoms with E-state index in [1.807, 2.05) is 19.0 Å². The molecule has 2 fully saturated rings. The van der Waals surface area contributed by atoms with Gasteiger partial charge < -0.3 is 15.5 Å². The average molecular weight is 281 g/mol. The molecule has 0 radical (unpaired) electrons. The summed E-state index contributed by atoms with van der Waals surface area (Å²) >= 11 is 0. The van der Waals surface area contributed by atoms with Gasteiger partial charge in [-0.2, -0.15) is 0 Å². The van der Waals surface area contributed by atoms with Gasteiger partial charge >= 0.3 is 6.03 Å². The molecule has 1 saturated carbocycles. The predicted octanol–water partition coefficient (Wildman–Crippen LogP) is 2.68. The van der Waals surface area contributed by atoms with Crippen LogP contribution in [-0.4, -0.2) is 48.6 Å². The molecule has 2 N–H and O–H groups in total. The number of hydrogen-bond donors (Lipinski definition) is 1. The van der Waals surface area contributed by atoms with E-state index in [0.29, 0.717) is 11.8 Å². The van der Waals surface area contributed by atoms with E-state index in [2.05, 4.69) is 6.92 Å². The minimum atomic E-state index is 0.0519. The molecule has 20 heavy (non-hydrogen) atoms.